The molecular formula is C13H12N3O2. The zero-order chi connectivity index (χ0) is 13.0. The quantitative estimate of drug-likeness (QED) is 0.826. The molecule has 0 saturated heterocycles. The Morgan fingerprint density at radius 3 is 2.78 bits per heavy atom. The maximum absolute atomic E-state index is 10.9. The lowest BCUT2D eigenvalue weighted by Crippen LogP contribution is -2.06. The van der Waals surface area contributed by atoms with E-state index in [0.717, 1.165) is 11.3 Å². The fraction of sp³-hybridized carbons (Fsp3) is 0.154. The van der Waals surface area contributed by atoms with Crippen molar-refractivity contribution < 1.29 is 9.59 Å². The highest BCUT2D eigenvalue weighted by molar-refractivity contribution is 5.88. The molecule has 91 valence electrons. The third-order valence-corrected chi connectivity index (χ3v) is 2.41. The first kappa shape index (κ1) is 12.0. The first-order chi connectivity index (χ1) is 8.69. The molecule has 1 aromatic heterocycles. The van der Waals surface area contributed by atoms with Gasteiger partial charge in [-0.1, -0.05) is 12.1 Å². The maximum atomic E-state index is 10.9. The van der Waals surface area contributed by atoms with E-state index in [4.69, 9.17) is 0 Å². The number of nitrogens with zero attached hydrogens (tertiary/aromatic N) is 2. The van der Waals surface area contributed by atoms with Gasteiger partial charge in [0.15, 0.2) is 12.1 Å². The highest BCUT2D eigenvalue weighted by Gasteiger charge is 2.02. The number of benzene rings is 1. The van der Waals surface area contributed by atoms with Crippen LogP contribution >= 0.6 is 0 Å². The second-order valence-corrected chi connectivity index (χ2v) is 3.83. The summed E-state index contributed by atoms with van der Waals surface area (Å²) >= 11 is 0. The number of anilines is 1. The van der Waals surface area contributed by atoms with E-state index in [1.54, 1.807) is 4.57 Å². The highest BCUT2D eigenvalue weighted by atomic mass is 16.1. The molecule has 5 heteroatoms. The molecule has 1 heterocycles. The molecule has 0 saturated carbocycles. The second-order valence-electron chi connectivity index (χ2n) is 3.83. The van der Waals surface area contributed by atoms with Gasteiger partial charge < -0.3 is 9.88 Å². The van der Waals surface area contributed by atoms with Gasteiger partial charge in [-0.15, -0.1) is 0 Å². The van der Waals surface area contributed by atoms with E-state index < -0.39 is 0 Å². The minimum atomic E-state index is -0.103. The van der Waals surface area contributed by atoms with Gasteiger partial charge >= 0.3 is 0 Å². The van der Waals surface area contributed by atoms with Crippen molar-refractivity contribution in [2.45, 2.75) is 13.5 Å². The van der Waals surface area contributed by atoms with Gasteiger partial charge in [0.1, 0.15) is 0 Å². The maximum Gasteiger partial charge on any atom is 0.221 e. The number of amides is 1. The zero-order valence-corrected chi connectivity index (χ0v) is 9.88. The molecule has 0 aliphatic heterocycles. The SMILES string of the molecule is CC(=O)Nc1ccc(Cn2[c]cnc2C=O)cc1. The zero-order valence-electron chi connectivity index (χ0n) is 9.88. The summed E-state index contributed by atoms with van der Waals surface area (Å²) in [4.78, 5) is 25.4. The van der Waals surface area contributed by atoms with Gasteiger partial charge in [-0.3, -0.25) is 9.59 Å². The molecule has 0 bridgehead atoms. The number of carbonyl (C=O) groups is 2. The Labute approximate surface area is 104 Å². The third kappa shape index (κ3) is 2.82. The second kappa shape index (κ2) is 5.27. The van der Waals surface area contributed by atoms with Crippen LogP contribution in [0.2, 0.25) is 0 Å². The topological polar surface area (TPSA) is 64.0 Å². The van der Waals surface area contributed by atoms with Crippen molar-refractivity contribution in [3.05, 3.63) is 48.0 Å². The van der Waals surface area contributed by atoms with Crippen molar-refractivity contribution in [1.29, 1.82) is 0 Å². The summed E-state index contributed by atoms with van der Waals surface area (Å²) in [5, 5.41) is 2.69. The van der Waals surface area contributed by atoms with E-state index in [0.29, 0.717) is 18.7 Å². The monoisotopic (exact) mass is 242 g/mol. The van der Waals surface area contributed by atoms with Crippen LogP contribution in [0.5, 0.6) is 0 Å². The lowest BCUT2D eigenvalue weighted by molar-refractivity contribution is -0.114. The average Bonchev–Trinajstić information content (AvgIpc) is 2.78. The van der Waals surface area contributed by atoms with E-state index in [1.807, 2.05) is 24.3 Å². The van der Waals surface area contributed by atoms with Crippen LogP contribution in [0, 0.1) is 6.20 Å². The predicted octanol–water partition coefficient (Wildman–Crippen LogP) is 1.50. The first-order valence-corrected chi connectivity index (χ1v) is 5.44. The summed E-state index contributed by atoms with van der Waals surface area (Å²) in [6.45, 7) is 1.99. The summed E-state index contributed by atoms with van der Waals surface area (Å²) in [5.74, 6) is 0.245. The minimum Gasteiger partial charge on any atom is -0.326 e. The molecular weight excluding hydrogens is 230 g/mol. The number of aromatic nitrogens is 2. The van der Waals surface area contributed by atoms with Crippen LogP contribution in [-0.4, -0.2) is 21.7 Å². The molecule has 2 rings (SSSR count). The largest absolute Gasteiger partial charge is 0.326 e. The Bertz CT molecular complexity index is 558. The Kier molecular flexibility index (Phi) is 3.52. The molecule has 0 aliphatic carbocycles. The smallest absolute Gasteiger partial charge is 0.221 e. The van der Waals surface area contributed by atoms with Crippen LogP contribution in [0.15, 0.2) is 30.5 Å². The van der Waals surface area contributed by atoms with Gasteiger partial charge in [0, 0.05) is 19.2 Å². The van der Waals surface area contributed by atoms with Crippen LogP contribution in [0.25, 0.3) is 0 Å². The van der Waals surface area contributed by atoms with Crippen LogP contribution in [0.3, 0.4) is 0 Å². The minimum absolute atomic E-state index is 0.103. The van der Waals surface area contributed by atoms with Gasteiger partial charge in [-0.2, -0.15) is 0 Å². The highest BCUT2D eigenvalue weighted by Crippen LogP contribution is 2.11. The predicted molar refractivity (Wildman–Crippen MR) is 66.3 cm³/mol. The van der Waals surface area contributed by atoms with Crippen molar-refractivity contribution in [3.63, 3.8) is 0 Å². The van der Waals surface area contributed by atoms with Crippen LogP contribution in [0.4, 0.5) is 5.69 Å². The van der Waals surface area contributed by atoms with E-state index in [2.05, 4.69) is 16.5 Å². The molecule has 5 nitrogen and oxygen atoms in total. The lowest BCUT2D eigenvalue weighted by Gasteiger charge is -2.06. The average molecular weight is 242 g/mol. The van der Waals surface area contributed by atoms with Gasteiger partial charge in [0.2, 0.25) is 5.91 Å². The van der Waals surface area contributed by atoms with Crippen LogP contribution in [0.1, 0.15) is 23.1 Å². The Balaban J connectivity index is 2.11. The van der Waals surface area contributed by atoms with Gasteiger partial charge in [-0.25, -0.2) is 4.98 Å². The van der Waals surface area contributed by atoms with Crippen molar-refractivity contribution in [3.8, 4) is 0 Å². The molecule has 2 aromatic rings. The number of imidazole rings is 1. The molecule has 0 atom stereocenters. The summed E-state index contributed by atoms with van der Waals surface area (Å²) in [6, 6.07) is 7.39. The molecule has 1 N–H and O–H groups in total. The molecule has 0 fully saturated rings. The third-order valence-electron chi connectivity index (χ3n) is 2.41. The van der Waals surface area contributed by atoms with Crippen LogP contribution < -0.4 is 5.32 Å². The fourth-order valence-electron chi connectivity index (χ4n) is 1.60. The first-order valence-electron chi connectivity index (χ1n) is 5.44. The molecule has 0 aliphatic rings. The van der Waals surface area contributed by atoms with Gasteiger partial charge in [0.05, 0.1) is 12.4 Å². The molecule has 0 unspecified atom stereocenters. The number of hydrogen-bond acceptors (Lipinski definition) is 3. The number of carbonyl (C=O) groups excluding carboxylic acids is 2. The fourth-order valence-corrected chi connectivity index (χ4v) is 1.60. The van der Waals surface area contributed by atoms with Crippen molar-refractivity contribution >= 4 is 17.9 Å². The summed E-state index contributed by atoms with van der Waals surface area (Å²) in [7, 11) is 0. The van der Waals surface area contributed by atoms with Crippen molar-refractivity contribution in [2.24, 2.45) is 0 Å². The normalized spacial score (nSPS) is 10.1. The molecule has 1 aromatic carbocycles. The van der Waals surface area contributed by atoms with E-state index in [-0.39, 0.29) is 5.91 Å². The Morgan fingerprint density at radius 2 is 2.17 bits per heavy atom. The summed E-state index contributed by atoms with van der Waals surface area (Å²) in [6.07, 6.45) is 5.02. The molecule has 1 radical (unpaired) electrons. The Hall–Kier alpha value is -2.43. The number of rotatable bonds is 4. The van der Waals surface area contributed by atoms with Crippen molar-refractivity contribution in [1.82, 2.24) is 9.55 Å². The van der Waals surface area contributed by atoms with E-state index in [9.17, 15) is 9.59 Å². The lowest BCUT2D eigenvalue weighted by atomic mass is 10.2. The number of hydrogen-bond donors (Lipinski definition) is 1. The van der Waals surface area contributed by atoms with E-state index in [1.165, 1.54) is 13.1 Å². The molecule has 0 spiro atoms. The van der Waals surface area contributed by atoms with Crippen LogP contribution in [-0.2, 0) is 11.3 Å². The van der Waals surface area contributed by atoms with Gasteiger partial charge in [-0.05, 0) is 17.7 Å². The molecule has 1 amide bonds. The van der Waals surface area contributed by atoms with E-state index >= 15 is 0 Å². The van der Waals surface area contributed by atoms with Gasteiger partial charge in [0.25, 0.3) is 0 Å². The summed E-state index contributed by atoms with van der Waals surface area (Å²) in [5.41, 5.74) is 1.75. The standard InChI is InChI=1S/C13H12N3O2/c1-10(18)15-12-4-2-11(3-5-12)8-16-7-6-14-13(16)9-17/h2-6,9H,8H2,1H3,(H,15,18). The Morgan fingerprint density at radius 1 is 1.44 bits per heavy atom. The number of aldehydes is 1. The number of nitrogens with one attached hydrogen (secondary N) is 1. The molecule has 18 heavy (non-hydrogen) atoms. The summed E-state index contributed by atoms with van der Waals surface area (Å²) < 4.78 is 1.64. The van der Waals surface area contributed by atoms with Crippen molar-refractivity contribution in [2.75, 3.05) is 5.32 Å².